The Morgan fingerprint density at radius 1 is 0.515 bits per heavy atom. The Kier molecular flexibility index (Phi) is 6.34. The predicted octanol–water partition coefficient (Wildman–Crippen LogP) is 0.505. The summed E-state index contributed by atoms with van der Waals surface area (Å²) in [7, 11) is -21.0. The van der Waals surface area contributed by atoms with E-state index in [4.69, 9.17) is 0 Å². The van der Waals surface area contributed by atoms with Gasteiger partial charge in [-0.15, -0.1) is 0 Å². The van der Waals surface area contributed by atoms with Crippen LogP contribution in [0.3, 0.4) is 0 Å². The molecule has 0 aliphatic rings. The summed E-state index contributed by atoms with van der Waals surface area (Å²) in [6.45, 7) is 0. The topological polar surface area (TPSA) is 223 Å². The van der Waals surface area contributed by atoms with Gasteiger partial charge in [-0.3, -0.25) is 9.11 Å². The largest absolute Gasteiger partial charge is 2.00 e. The Bertz CT molecular complexity index is 1640. The molecule has 0 aliphatic heterocycles. The van der Waals surface area contributed by atoms with E-state index in [-0.39, 0.29) is 48.5 Å². The van der Waals surface area contributed by atoms with E-state index in [0.29, 0.717) is 12.1 Å². The molecule has 17 heteroatoms. The van der Waals surface area contributed by atoms with Crippen LogP contribution in [0.25, 0.3) is 32.3 Å². The second-order valence-electron chi connectivity index (χ2n) is 6.68. The van der Waals surface area contributed by atoms with E-state index in [9.17, 15) is 51.9 Å². The SMILES string of the molecule is O=S(=O)([O-])c1cc(S(=O)(=O)[O-])c2ccc3c(S(=O)(=O)O)cc(S(=O)(=O)O)c4ccc1c2c43.[Ca+2]. The zero-order chi connectivity index (χ0) is 24.0. The standard InChI is InChI=1S/C16H10O12S4.Ca/c17-29(18,19)11-5-13(31(23,24)25)9-3-4-10-14(32(26,27)28)6-12(30(20,21)22)8-2-1-7(11)15(9)16(8)10;/h1-6H,(H,17,18,19)(H,20,21,22)(H,23,24,25)(H,26,27,28);/q;+2/p-2. The molecule has 2 N–H and O–H groups in total. The normalized spacial score (nSPS) is 13.6. The van der Waals surface area contributed by atoms with Crippen molar-refractivity contribution in [3.05, 3.63) is 36.4 Å². The first kappa shape index (κ1) is 26.4. The Hall–Kier alpha value is -1.18. The van der Waals surface area contributed by atoms with E-state index < -0.39 is 81.6 Å². The van der Waals surface area contributed by atoms with E-state index >= 15 is 0 Å². The fourth-order valence-corrected chi connectivity index (χ4v) is 6.69. The van der Waals surface area contributed by atoms with Gasteiger partial charge in [-0.05, 0) is 17.5 Å². The van der Waals surface area contributed by atoms with E-state index in [0.717, 1.165) is 24.3 Å². The molecule has 170 valence electrons. The minimum absolute atomic E-state index is 0. The average molecular weight is 561 g/mol. The van der Waals surface area contributed by atoms with Gasteiger partial charge < -0.3 is 9.11 Å². The maximum Gasteiger partial charge on any atom is 2.00 e. The first-order valence-electron chi connectivity index (χ1n) is 8.07. The molecule has 0 bridgehead atoms. The predicted molar refractivity (Wildman–Crippen MR) is 111 cm³/mol. The summed E-state index contributed by atoms with van der Waals surface area (Å²) in [4.78, 5) is -4.26. The van der Waals surface area contributed by atoms with Crippen LogP contribution in [0.1, 0.15) is 0 Å². The van der Waals surface area contributed by atoms with Crippen LogP contribution in [0.2, 0.25) is 0 Å². The van der Waals surface area contributed by atoms with Gasteiger partial charge in [0.05, 0.1) is 9.79 Å². The van der Waals surface area contributed by atoms with Crippen LogP contribution in [0.4, 0.5) is 0 Å². The van der Waals surface area contributed by atoms with Crippen molar-refractivity contribution in [1.82, 2.24) is 0 Å². The molecule has 0 heterocycles. The van der Waals surface area contributed by atoms with Gasteiger partial charge in [0, 0.05) is 26.9 Å². The Labute approximate surface area is 216 Å². The van der Waals surface area contributed by atoms with Gasteiger partial charge in [0.2, 0.25) is 0 Å². The summed E-state index contributed by atoms with van der Waals surface area (Å²) in [5.74, 6) is 0. The summed E-state index contributed by atoms with van der Waals surface area (Å²) < 4.78 is 137. The average Bonchev–Trinajstić information content (AvgIpc) is 2.61. The maximum atomic E-state index is 11.9. The van der Waals surface area contributed by atoms with Gasteiger partial charge in [0.25, 0.3) is 20.2 Å². The molecule has 4 rings (SSSR count). The third kappa shape index (κ3) is 4.34. The molecule has 4 aromatic rings. The molecule has 0 fully saturated rings. The molecule has 0 saturated carbocycles. The van der Waals surface area contributed by atoms with Crippen LogP contribution in [0.5, 0.6) is 0 Å². The Morgan fingerprint density at radius 3 is 1.00 bits per heavy atom. The maximum absolute atomic E-state index is 11.9. The van der Waals surface area contributed by atoms with E-state index in [2.05, 4.69) is 0 Å². The van der Waals surface area contributed by atoms with Crippen molar-refractivity contribution in [3.63, 3.8) is 0 Å². The molecule has 0 aliphatic carbocycles. The van der Waals surface area contributed by atoms with Gasteiger partial charge in [0.15, 0.2) is 0 Å². The summed E-state index contributed by atoms with van der Waals surface area (Å²) in [5.41, 5.74) is 0. The summed E-state index contributed by atoms with van der Waals surface area (Å²) >= 11 is 0. The monoisotopic (exact) mass is 560 g/mol. The number of rotatable bonds is 4. The molecule has 0 amide bonds. The van der Waals surface area contributed by atoms with Gasteiger partial charge in [-0.2, -0.15) is 16.8 Å². The zero-order valence-electron chi connectivity index (χ0n) is 15.8. The van der Waals surface area contributed by atoms with Crippen LogP contribution >= 0.6 is 0 Å². The smallest absolute Gasteiger partial charge is 0.744 e. The minimum atomic E-state index is -5.38. The Morgan fingerprint density at radius 2 is 0.758 bits per heavy atom. The zero-order valence-corrected chi connectivity index (χ0v) is 21.3. The van der Waals surface area contributed by atoms with Crippen LogP contribution in [-0.4, -0.2) is 89.6 Å². The van der Waals surface area contributed by atoms with Crippen molar-refractivity contribution in [2.75, 3.05) is 0 Å². The van der Waals surface area contributed by atoms with Crippen LogP contribution in [-0.2, 0) is 40.5 Å². The number of hydrogen-bond donors (Lipinski definition) is 2. The van der Waals surface area contributed by atoms with Gasteiger partial charge in [0.1, 0.15) is 30.0 Å². The molecule has 33 heavy (non-hydrogen) atoms. The molecule has 0 aromatic heterocycles. The van der Waals surface area contributed by atoms with Crippen molar-refractivity contribution in [1.29, 1.82) is 0 Å². The first-order valence-corrected chi connectivity index (χ1v) is 13.8. The molecule has 0 unspecified atom stereocenters. The molecule has 4 aromatic carbocycles. The van der Waals surface area contributed by atoms with Crippen LogP contribution in [0, 0.1) is 0 Å². The summed E-state index contributed by atoms with van der Waals surface area (Å²) in [5, 5.41) is -2.51. The van der Waals surface area contributed by atoms with E-state index in [1.54, 1.807) is 0 Å². The summed E-state index contributed by atoms with van der Waals surface area (Å²) in [6.07, 6.45) is 0. The summed E-state index contributed by atoms with van der Waals surface area (Å²) in [6, 6.07) is 4.63. The van der Waals surface area contributed by atoms with Crippen LogP contribution < -0.4 is 0 Å². The second-order valence-corrected chi connectivity index (χ2v) is 12.2. The minimum Gasteiger partial charge on any atom is -0.744 e. The quantitative estimate of drug-likeness (QED) is 0.198. The van der Waals surface area contributed by atoms with Crippen molar-refractivity contribution >= 4 is 111 Å². The van der Waals surface area contributed by atoms with Crippen molar-refractivity contribution in [2.24, 2.45) is 0 Å². The van der Waals surface area contributed by atoms with Crippen molar-refractivity contribution in [2.45, 2.75) is 19.6 Å². The van der Waals surface area contributed by atoms with Crippen molar-refractivity contribution < 1.29 is 51.9 Å². The van der Waals surface area contributed by atoms with E-state index in [1.165, 1.54) is 0 Å². The fourth-order valence-electron chi connectivity index (χ4n) is 3.71. The molecular weight excluding hydrogens is 553 g/mol. The molecular formula is C16H8CaO12S4. The first-order chi connectivity index (χ1) is 14.4. The van der Waals surface area contributed by atoms with Gasteiger partial charge in [-0.25, -0.2) is 16.8 Å². The third-order valence-corrected chi connectivity index (χ3v) is 8.38. The number of hydrogen-bond acceptors (Lipinski definition) is 10. The number of benzene rings is 4. The Balaban J connectivity index is 0.00000306. The third-order valence-electron chi connectivity index (χ3n) is 4.84. The molecule has 0 radical (unpaired) electrons. The molecule has 0 spiro atoms. The molecule has 12 nitrogen and oxygen atoms in total. The van der Waals surface area contributed by atoms with Crippen molar-refractivity contribution in [3.8, 4) is 0 Å². The second kappa shape index (κ2) is 7.92. The van der Waals surface area contributed by atoms with Crippen LogP contribution in [0.15, 0.2) is 56.0 Å². The van der Waals surface area contributed by atoms with Gasteiger partial charge in [-0.1, -0.05) is 24.3 Å². The van der Waals surface area contributed by atoms with E-state index in [1.807, 2.05) is 0 Å². The molecule has 0 saturated heterocycles. The van der Waals surface area contributed by atoms with Gasteiger partial charge >= 0.3 is 37.7 Å². The molecule has 0 atom stereocenters. The fraction of sp³-hybridized carbons (Fsp3) is 0.